The Hall–Kier alpha value is -0.500. The summed E-state index contributed by atoms with van der Waals surface area (Å²) in [5, 5.41) is 0. The summed E-state index contributed by atoms with van der Waals surface area (Å²) >= 11 is 3.48. The molecule has 0 spiro atoms. The molecular weight excluding hydrogens is 202 g/mol. The van der Waals surface area contributed by atoms with Gasteiger partial charge in [-0.3, -0.25) is 0 Å². The first-order chi connectivity index (χ1) is 5.11. The van der Waals surface area contributed by atoms with Gasteiger partial charge in [-0.15, -0.1) is 0 Å². The fraction of sp³-hybridized carbons (Fsp3) is 0.333. The SMILES string of the molecule is CC(C)c1cc(N)ccc1Br. The lowest BCUT2D eigenvalue weighted by molar-refractivity contribution is 0.861. The molecule has 2 heteroatoms. The number of rotatable bonds is 1. The zero-order valence-electron chi connectivity index (χ0n) is 6.76. The predicted octanol–water partition coefficient (Wildman–Crippen LogP) is 3.15. The number of hydrogen-bond acceptors (Lipinski definition) is 1. The van der Waals surface area contributed by atoms with E-state index in [0.29, 0.717) is 5.92 Å². The third-order valence-electron chi connectivity index (χ3n) is 1.64. The monoisotopic (exact) mass is 213 g/mol. The standard InChI is InChI=1S/C9H12BrN/c1-6(2)8-5-7(11)3-4-9(8)10/h3-6H,11H2,1-2H3. The third kappa shape index (κ3) is 1.96. The molecule has 0 radical (unpaired) electrons. The molecule has 1 nitrogen and oxygen atoms in total. The topological polar surface area (TPSA) is 26.0 Å². The summed E-state index contributed by atoms with van der Waals surface area (Å²) in [5.41, 5.74) is 7.74. The second-order valence-corrected chi connectivity index (χ2v) is 3.79. The van der Waals surface area contributed by atoms with Crippen molar-refractivity contribution in [1.29, 1.82) is 0 Å². The summed E-state index contributed by atoms with van der Waals surface area (Å²) in [4.78, 5) is 0. The summed E-state index contributed by atoms with van der Waals surface area (Å²) in [6.07, 6.45) is 0. The highest BCUT2D eigenvalue weighted by Crippen LogP contribution is 2.26. The first-order valence-corrected chi connectivity index (χ1v) is 4.45. The molecule has 0 bridgehead atoms. The molecule has 1 rings (SSSR count). The van der Waals surface area contributed by atoms with E-state index in [1.807, 2.05) is 18.2 Å². The van der Waals surface area contributed by atoms with E-state index in [1.54, 1.807) is 0 Å². The number of nitrogen functional groups attached to an aromatic ring is 1. The van der Waals surface area contributed by atoms with Gasteiger partial charge in [0.05, 0.1) is 0 Å². The molecule has 0 aliphatic rings. The number of anilines is 1. The maximum atomic E-state index is 5.64. The third-order valence-corrected chi connectivity index (χ3v) is 2.36. The molecule has 2 N–H and O–H groups in total. The van der Waals surface area contributed by atoms with Gasteiger partial charge in [-0.25, -0.2) is 0 Å². The lowest BCUT2D eigenvalue weighted by Gasteiger charge is -2.08. The van der Waals surface area contributed by atoms with Crippen molar-refractivity contribution in [3.8, 4) is 0 Å². The van der Waals surface area contributed by atoms with Crippen LogP contribution in [0.1, 0.15) is 25.3 Å². The molecule has 0 aliphatic heterocycles. The normalized spacial score (nSPS) is 10.5. The van der Waals surface area contributed by atoms with E-state index in [1.165, 1.54) is 5.56 Å². The van der Waals surface area contributed by atoms with E-state index in [2.05, 4.69) is 29.8 Å². The molecule has 0 amide bonds. The summed E-state index contributed by atoms with van der Waals surface area (Å²) < 4.78 is 1.14. The van der Waals surface area contributed by atoms with Crippen molar-refractivity contribution in [3.63, 3.8) is 0 Å². The van der Waals surface area contributed by atoms with Crippen LogP contribution in [0.2, 0.25) is 0 Å². The Morgan fingerprint density at radius 2 is 2.00 bits per heavy atom. The van der Waals surface area contributed by atoms with Crippen molar-refractivity contribution in [2.45, 2.75) is 19.8 Å². The molecule has 0 fully saturated rings. The van der Waals surface area contributed by atoms with Gasteiger partial charge in [-0.1, -0.05) is 29.8 Å². The van der Waals surface area contributed by atoms with Crippen LogP contribution in [0.3, 0.4) is 0 Å². The molecule has 1 aromatic rings. The van der Waals surface area contributed by atoms with Crippen LogP contribution < -0.4 is 5.73 Å². The summed E-state index contributed by atoms with van der Waals surface area (Å²) in [5.74, 6) is 0.521. The van der Waals surface area contributed by atoms with E-state index in [9.17, 15) is 0 Å². The fourth-order valence-electron chi connectivity index (χ4n) is 1.00. The quantitative estimate of drug-likeness (QED) is 0.714. The van der Waals surface area contributed by atoms with Gasteiger partial charge in [-0.05, 0) is 29.7 Å². The molecule has 0 atom stereocenters. The minimum Gasteiger partial charge on any atom is -0.399 e. The highest BCUT2D eigenvalue weighted by atomic mass is 79.9. The summed E-state index contributed by atoms with van der Waals surface area (Å²) in [7, 11) is 0. The molecule has 1 aromatic carbocycles. The Morgan fingerprint density at radius 1 is 1.36 bits per heavy atom. The smallest absolute Gasteiger partial charge is 0.0317 e. The van der Waals surface area contributed by atoms with E-state index in [-0.39, 0.29) is 0 Å². The van der Waals surface area contributed by atoms with E-state index in [4.69, 9.17) is 5.73 Å². The second-order valence-electron chi connectivity index (χ2n) is 2.94. The van der Waals surface area contributed by atoms with Gasteiger partial charge < -0.3 is 5.73 Å². The van der Waals surface area contributed by atoms with Crippen molar-refractivity contribution in [2.75, 3.05) is 5.73 Å². The van der Waals surface area contributed by atoms with Crippen molar-refractivity contribution in [1.82, 2.24) is 0 Å². The zero-order valence-corrected chi connectivity index (χ0v) is 8.35. The van der Waals surface area contributed by atoms with Crippen LogP contribution in [-0.2, 0) is 0 Å². The first kappa shape index (κ1) is 8.60. The van der Waals surface area contributed by atoms with Crippen LogP contribution in [0.5, 0.6) is 0 Å². The van der Waals surface area contributed by atoms with Crippen LogP contribution in [0.4, 0.5) is 5.69 Å². The molecule has 60 valence electrons. The number of benzene rings is 1. The lowest BCUT2D eigenvalue weighted by Crippen LogP contribution is -1.92. The largest absolute Gasteiger partial charge is 0.399 e. The summed E-state index contributed by atoms with van der Waals surface area (Å²) in [6, 6.07) is 5.90. The van der Waals surface area contributed by atoms with Crippen LogP contribution in [0.15, 0.2) is 22.7 Å². The first-order valence-electron chi connectivity index (χ1n) is 3.66. The molecule has 0 unspecified atom stereocenters. The van der Waals surface area contributed by atoms with E-state index >= 15 is 0 Å². The van der Waals surface area contributed by atoms with Gasteiger partial charge in [0.25, 0.3) is 0 Å². The van der Waals surface area contributed by atoms with Gasteiger partial charge in [0.1, 0.15) is 0 Å². The highest BCUT2D eigenvalue weighted by molar-refractivity contribution is 9.10. The Kier molecular flexibility index (Phi) is 2.55. The van der Waals surface area contributed by atoms with E-state index < -0.39 is 0 Å². The Morgan fingerprint density at radius 3 is 2.45 bits per heavy atom. The minimum absolute atomic E-state index is 0.521. The lowest BCUT2D eigenvalue weighted by atomic mass is 10.0. The van der Waals surface area contributed by atoms with Gasteiger partial charge in [0.2, 0.25) is 0 Å². The zero-order chi connectivity index (χ0) is 8.43. The van der Waals surface area contributed by atoms with Gasteiger partial charge >= 0.3 is 0 Å². The average Bonchev–Trinajstić information content (AvgIpc) is 1.94. The minimum atomic E-state index is 0.521. The van der Waals surface area contributed by atoms with Crippen LogP contribution in [-0.4, -0.2) is 0 Å². The van der Waals surface area contributed by atoms with Gasteiger partial charge in [0.15, 0.2) is 0 Å². The molecule has 0 saturated carbocycles. The maximum absolute atomic E-state index is 5.64. The molecular formula is C9H12BrN. The van der Waals surface area contributed by atoms with Crippen molar-refractivity contribution in [3.05, 3.63) is 28.2 Å². The van der Waals surface area contributed by atoms with Gasteiger partial charge in [0, 0.05) is 10.2 Å². The fourth-order valence-corrected chi connectivity index (χ4v) is 1.71. The molecule has 0 saturated heterocycles. The number of halogens is 1. The van der Waals surface area contributed by atoms with Crippen LogP contribution in [0, 0.1) is 0 Å². The number of hydrogen-bond donors (Lipinski definition) is 1. The number of nitrogens with two attached hydrogens (primary N) is 1. The van der Waals surface area contributed by atoms with Crippen LogP contribution in [0.25, 0.3) is 0 Å². The van der Waals surface area contributed by atoms with E-state index in [0.717, 1.165) is 10.2 Å². The highest BCUT2D eigenvalue weighted by Gasteiger charge is 2.03. The Labute approximate surface area is 75.7 Å². The Bertz CT molecular complexity index is 256. The maximum Gasteiger partial charge on any atom is 0.0317 e. The van der Waals surface area contributed by atoms with Crippen LogP contribution >= 0.6 is 15.9 Å². The van der Waals surface area contributed by atoms with Crippen molar-refractivity contribution >= 4 is 21.6 Å². The van der Waals surface area contributed by atoms with Crippen molar-refractivity contribution < 1.29 is 0 Å². The van der Waals surface area contributed by atoms with Gasteiger partial charge in [-0.2, -0.15) is 0 Å². The second kappa shape index (κ2) is 3.26. The molecule has 0 heterocycles. The Balaban J connectivity index is 3.13. The molecule has 0 aromatic heterocycles. The molecule has 11 heavy (non-hydrogen) atoms. The van der Waals surface area contributed by atoms with Crippen molar-refractivity contribution in [2.24, 2.45) is 0 Å². The summed E-state index contributed by atoms with van der Waals surface area (Å²) in [6.45, 7) is 4.30. The average molecular weight is 214 g/mol. The molecule has 0 aliphatic carbocycles. The predicted molar refractivity (Wildman–Crippen MR) is 52.6 cm³/mol.